The van der Waals surface area contributed by atoms with E-state index in [1.807, 2.05) is 13.8 Å². The summed E-state index contributed by atoms with van der Waals surface area (Å²) in [6.07, 6.45) is 13.2. The third-order valence-corrected chi connectivity index (χ3v) is 27.0. The highest BCUT2D eigenvalue weighted by atomic mass is 28.4. The van der Waals surface area contributed by atoms with Gasteiger partial charge in [0.05, 0.1) is 61.2 Å². The van der Waals surface area contributed by atoms with Crippen molar-refractivity contribution >= 4 is 40.3 Å². The second-order valence-electron chi connectivity index (χ2n) is 25.1. The molecule has 0 aromatic carbocycles. The molecule has 0 aromatic rings. The van der Waals surface area contributed by atoms with Crippen LogP contribution in [0, 0.1) is 11.8 Å². The van der Waals surface area contributed by atoms with E-state index in [0.29, 0.717) is 58.0 Å². The van der Waals surface area contributed by atoms with Crippen LogP contribution in [0.1, 0.15) is 198 Å². The zero-order valence-electron chi connectivity index (χ0n) is 49.1. The molecule has 0 saturated carbocycles. The van der Waals surface area contributed by atoms with Gasteiger partial charge in [0.25, 0.3) is 0 Å². The van der Waals surface area contributed by atoms with Crippen LogP contribution in [0.5, 0.6) is 0 Å². The molecule has 0 radical (unpaired) electrons. The molecule has 0 aromatic heterocycles. The first kappa shape index (κ1) is 63.5. The fraction of sp³-hybridized carbons (Fsp3) is 0.864. The first-order chi connectivity index (χ1) is 35.2. The molecule has 16 heteroatoms. The van der Waals surface area contributed by atoms with Crippen molar-refractivity contribution in [1.29, 1.82) is 0 Å². The Balaban J connectivity index is 1.47. The SMILES string of the molecule is C=C1C[C@H]2C[C@](C)(O[Si](CC)(CC)CC)C[C@@]3(C[C@@H](OC(C)=O)C[C@@H](CC(=O)OCCCCCCCCCC=C[C@H]4C[C@H](O[Si](C)(C)C(C)(C)C)C[C@@]5(C[C@@H](OC)C[C@@H](CC(=O)[C@@H](C)[C@@H](OC(C)=O)[C@@H]1C)O5)O4)O3)O2. The fourth-order valence-electron chi connectivity index (χ4n) is 12.5. The maximum atomic E-state index is 14.7. The zero-order chi connectivity index (χ0) is 55.4. The van der Waals surface area contributed by atoms with Crippen molar-refractivity contribution in [3.63, 3.8) is 0 Å². The fourth-order valence-corrected chi connectivity index (χ4v) is 17.0. The zero-order valence-corrected chi connectivity index (χ0v) is 51.1. The quantitative estimate of drug-likeness (QED) is 0.0879. The number of esters is 3. The number of cyclic esters (lactones) is 1. The molecule has 14 nitrogen and oxygen atoms in total. The molecule has 0 N–H and O–H groups in total. The van der Waals surface area contributed by atoms with E-state index in [1.54, 1.807) is 7.11 Å². The maximum absolute atomic E-state index is 14.7. The second-order valence-corrected chi connectivity index (χ2v) is 34.5. The van der Waals surface area contributed by atoms with E-state index in [9.17, 15) is 19.2 Å². The monoisotopic (exact) mass is 1090 g/mol. The second kappa shape index (κ2) is 27.7. The van der Waals surface area contributed by atoms with Gasteiger partial charge < -0.3 is 46.7 Å². The molecule has 5 aliphatic heterocycles. The molecule has 5 aliphatic rings. The van der Waals surface area contributed by atoms with Crippen molar-refractivity contribution < 1.29 is 65.9 Å². The summed E-state index contributed by atoms with van der Waals surface area (Å²) in [6, 6.07) is 2.82. The molecule has 4 fully saturated rings. The van der Waals surface area contributed by atoms with Crippen LogP contribution in [-0.4, -0.2) is 120 Å². The lowest BCUT2D eigenvalue weighted by molar-refractivity contribution is -0.347. The van der Waals surface area contributed by atoms with Crippen LogP contribution in [0.2, 0.25) is 36.3 Å². The van der Waals surface area contributed by atoms with Crippen molar-refractivity contribution in [3.8, 4) is 0 Å². The first-order valence-electron chi connectivity index (χ1n) is 29.2. The Labute approximate surface area is 454 Å². The van der Waals surface area contributed by atoms with Gasteiger partial charge in [0.2, 0.25) is 0 Å². The Morgan fingerprint density at radius 3 is 1.92 bits per heavy atom. The van der Waals surface area contributed by atoms with Crippen molar-refractivity contribution in [2.75, 3.05) is 13.7 Å². The number of ketones is 1. The van der Waals surface area contributed by atoms with Crippen molar-refractivity contribution in [2.45, 2.75) is 300 Å². The average molecular weight is 1090 g/mol. The van der Waals surface area contributed by atoms with E-state index in [1.165, 1.54) is 13.8 Å². The smallest absolute Gasteiger partial charge is 0.308 e. The van der Waals surface area contributed by atoms with Crippen LogP contribution in [0.3, 0.4) is 0 Å². The standard InChI is InChI=1S/C59H102O14Si2/c1-16-75(17-2,18-3)73-57(12)36-51-30-41(4)42(5)55(67-45(8)61)43(6)53(62)34-47-32-49(64-13)37-58(69-47)39-52(72-74(14,15)56(9,10)11)31-46(68-58)28-26-24-22-20-19-21-23-25-27-29-65-54(63)35-48-33-50(66-44(7)60)38-59(40-57,70-48)71-51/h26,28,42-43,46-52,55H,4,16-25,27,29-40H2,1-3,5-15H3/t42-,43-,46+,47+,48+,49+,50+,51+,52+,55+,57+,58+,59-/m1/s1. The molecule has 6 bridgehead atoms. The molecule has 0 amide bonds. The minimum atomic E-state index is -2.21. The summed E-state index contributed by atoms with van der Waals surface area (Å²) >= 11 is 0. The van der Waals surface area contributed by atoms with E-state index in [4.69, 9.17) is 46.7 Å². The molecule has 2 spiro atoms. The van der Waals surface area contributed by atoms with Crippen LogP contribution in [0.15, 0.2) is 24.3 Å². The Hall–Kier alpha value is -2.29. The Kier molecular flexibility index (Phi) is 23.5. The van der Waals surface area contributed by atoms with E-state index in [-0.39, 0.29) is 54.4 Å². The van der Waals surface area contributed by atoms with Crippen LogP contribution in [-0.2, 0) is 65.9 Å². The van der Waals surface area contributed by atoms with Gasteiger partial charge in [-0.05, 0) is 68.9 Å². The largest absolute Gasteiger partial charge is 0.466 e. The number of methoxy groups -OCH3 is 1. The van der Waals surface area contributed by atoms with Gasteiger partial charge in [-0.25, -0.2) is 0 Å². The maximum Gasteiger partial charge on any atom is 0.308 e. The normalized spacial score (nSPS) is 36.1. The third-order valence-electron chi connectivity index (χ3n) is 17.7. The minimum Gasteiger partial charge on any atom is -0.466 e. The topological polar surface area (TPSA) is 161 Å². The van der Waals surface area contributed by atoms with Crippen LogP contribution in [0.25, 0.3) is 0 Å². The number of Topliss-reactive ketones (excluding diaryl/α,β-unsaturated/α-hetero) is 1. The minimum absolute atomic E-state index is 0.00593. The molecule has 5 rings (SSSR count). The number of ether oxygens (including phenoxy) is 8. The summed E-state index contributed by atoms with van der Waals surface area (Å²) in [7, 11) is -2.69. The van der Waals surface area contributed by atoms with Gasteiger partial charge in [0.15, 0.2) is 28.2 Å². The predicted molar refractivity (Wildman–Crippen MR) is 296 cm³/mol. The first-order valence-corrected chi connectivity index (χ1v) is 34.6. The van der Waals surface area contributed by atoms with Gasteiger partial charge in [-0.1, -0.05) is 112 Å². The molecular formula is C59H102O14Si2. The highest BCUT2D eigenvalue weighted by Gasteiger charge is 2.56. The van der Waals surface area contributed by atoms with Crippen molar-refractivity contribution in [1.82, 2.24) is 0 Å². The number of rotatable bonds is 10. The predicted octanol–water partition coefficient (Wildman–Crippen LogP) is 12.9. The van der Waals surface area contributed by atoms with Crippen molar-refractivity contribution in [2.24, 2.45) is 11.8 Å². The van der Waals surface area contributed by atoms with E-state index < -0.39 is 88.1 Å². The molecule has 75 heavy (non-hydrogen) atoms. The average Bonchev–Trinajstić information content (AvgIpc) is 3.30. The summed E-state index contributed by atoms with van der Waals surface area (Å²) in [5, 5.41) is 0.00906. The summed E-state index contributed by atoms with van der Waals surface area (Å²) in [5.41, 5.74) is 0.0418. The van der Waals surface area contributed by atoms with Crippen LogP contribution in [0.4, 0.5) is 0 Å². The van der Waals surface area contributed by atoms with Gasteiger partial charge in [-0.15, -0.1) is 0 Å². The molecule has 0 aliphatic carbocycles. The highest BCUT2D eigenvalue weighted by Crippen LogP contribution is 2.50. The van der Waals surface area contributed by atoms with Crippen molar-refractivity contribution in [3.05, 3.63) is 24.3 Å². The Bertz CT molecular complexity index is 1910. The summed E-state index contributed by atoms with van der Waals surface area (Å²) in [4.78, 5) is 53.8. The molecule has 430 valence electrons. The van der Waals surface area contributed by atoms with Gasteiger partial charge in [0.1, 0.15) is 18.0 Å². The van der Waals surface area contributed by atoms with E-state index in [2.05, 4.69) is 80.3 Å². The lowest BCUT2D eigenvalue weighted by Gasteiger charge is -2.55. The number of allylic oxidation sites excluding steroid dienone is 1. The summed E-state index contributed by atoms with van der Waals surface area (Å²) in [6.45, 7) is 31.6. The molecule has 4 saturated heterocycles. The summed E-state index contributed by atoms with van der Waals surface area (Å²) < 4.78 is 66.6. The number of carbonyl (C=O) groups excluding carboxylic acids is 4. The summed E-state index contributed by atoms with van der Waals surface area (Å²) in [5.74, 6) is -4.82. The van der Waals surface area contributed by atoms with Crippen LogP contribution >= 0.6 is 0 Å². The lowest BCUT2D eigenvalue weighted by atomic mass is 9.78. The third kappa shape index (κ3) is 18.4. The Morgan fingerprint density at radius 1 is 0.720 bits per heavy atom. The Morgan fingerprint density at radius 2 is 1.29 bits per heavy atom. The molecule has 0 unspecified atom stereocenters. The highest BCUT2D eigenvalue weighted by molar-refractivity contribution is 6.74. The lowest BCUT2D eigenvalue weighted by Crippen LogP contribution is -2.61. The van der Waals surface area contributed by atoms with Crippen LogP contribution < -0.4 is 0 Å². The molecule has 13 atom stereocenters. The van der Waals surface area contributed by atoms with Gasteiger partial charge in [-0.3, -0.25) is 19.2 Å². The molecular weight excluding hydrogens is 989 g/mol. The number of hydrogen-bond donors (Lipinski definition) is 0. The van der Waals surface area contributed by atoms with E-state index >= 15 is 0 Å². The van der Waals surface area contributed by atoms with Gasteiger partial charge in [0, 0.05) is 84.7 Å². The number of carbonyl (C=O) groups is 4. The van der Waals surface area contributed by atoms with E-state index in [0.717, 1.165) is 75.1 Å². The number of fused-ring (bicyclic) bond motifs is 4. The molecule has 5 heterocycles. The van der Waals surface area contributed by atoms with Gasteiger partial charge in [-0.2, -0.15) is 0 Å². The van der Waals surface area contributed by atoms with Gasteiger partial charge >= 0.3 is 17.9 Å². The number of hydrogen-bond acceptors (Lipinski definition) is 14.